The second kappa shape index (κ2) is 9.83. The fraction of sp³-hybridized carbons (Fsp3) is 0.421. The van der Waals surface area contributed by atoms with Gasteiger partial charge >= 0.3 is 5.97 Å². The second-order valence-corrected chi connectivity index (χ2v) is 6.43. The number of hydrogen-bond acceptors (Lipinski definition) is 6. The number of halogens is 1. The van der Waals surface area contributed by atoms with Gasteiger partial charge < -0.3 is 19.5 Å². The van der Waals surface area contributed by atoms with Crippen molar-refractivity contribution < 1.29 is 23.8 Å². The summed E-state index contributed by atoms with van der Waals surface area (Å²) in [4.78, 5) is 23.6. The molecule has 144 valence electrons. The molecule has 27 heavy (non-hydrogen) atoms. The molecule has 0 heterocycles. The molecule has 1 aromatic carbocycles. The monoisotopic (exact) mass is 392 g/mol. The molecule has 1 saturated carbocycles. The Labute approximate surface area is 162 Å². The van der Waals surface area contributed by atoms with Crippen molar-refractivity contribution in [3.05, 3.63) is 28.3 Å². The third-order valence-corrected chi connectivity index (χ3v) is 4.46. The van der Waals surface area contributed by atoms with E-state index in [1.165, 1.54) is 26.4 Å². The Morgan fingerprint density at radius 3 is 2.63 bits per heavy atom. The van der Waals surface area contributed by atoms with Gasteiger partial charge in [-0.05, 0) is 36.6 Å². The first-order chi connectivity index (χ1) is 13.0. The van der Waals surface area contributed by atoms with Crippen molar-refractivity contribution in [3.8, 4) is 17.6 Å². The molecule has 2 rings (SSSR count). The van der Waals surface area contributed by atoms with E-state index >= 15 is 0 Å². The molecule has 0 saturated heterocycles. The molecule has 1 N–H and O–H groups in total. The highest BCUT2D eigenvalue weighted by atomic mass is 35.5. The Balaban J connectivity index is 2.21. The highest BCUT2D eigenvalue weighted by molar-refractivity contribution is 6.32. The van der Waals surface area contributed by atoms with Gasteiger partial charge in [0.15, 0.2) is 18.1 Å². The normalized spacial score (nSPS) is 14.4. The number of ether oxygens (including phenoxy) is 3. The van der Waals surface area contributed by atoms with Crippen LogP contribution >= 0.6 is 11.6 Å². The topological polar surface area (TPSA) is 97.7 Å². The van der Waals surface area contributed by atoms with Gasteiger partial charge in [-0.15, -0.1) is 0 Å². The quantitative estimate of drug-likeness (QED) is 0.435. The predicted octanol–water partition coefficient (Wildman–Crippen LogP) is 2.87. The van der Waals surface area contributed by atoms with Crippen molar-refractivity contribution >= 4 is 29.6 Å². The Bertz CT molecular complexity index is 779. The van der Waals surface area contributed by atoms with Crippen LogP contribution in [0.15, 0.2) is 17.7 Å². The molecule has 8 heteroatoms. The summed E-state index contributed by atoms with van der Waals surface area (Å²) in [5.41, 5.74) is 0.476. The van der Waals surface area contributed by atoms with Crippen LogP contribution in [0, 0.1) is 11.3 Å². The molecule has 0 bridgehead atoms. The molecule has 1 aliphatic carbocycles. The van der Waals surface area contributed by atoms with Crippen LogP contribution in [0.25, 0.3) is 6.08 Å². The van der Waals surface area contributed by atoms with Gasteiger partial charge in [0.2, 0.25) is 0 Å². The maximum Gasteiger partial charge on any atom is 0.343 e. The number of carbonyl (C=O) groups excluding carboxylic acids is 2. The van der Waals surface area contributed by atoms with E-state index in [-0.39, 0.29) is 34.7 Å². The summed E-state index contributed by atoms with van der Waals surface area (Å²) in [6, 6.07) is 5.12. The second-order valence-electron chi connectivity index (χ2n) is 6.02. The van der Waals surface area contributed by atoms with E-state index < -0.39 is 11.9 Å². The van der Waals surface area contributed by atoms with Crippen molar-refractivity contribution in [2.45, 2.75) is 31.7 Å². The number of nitrogens with one attached hydrogen (secondary N) is 1. The van der Waals surface area contributed by atoms with Crippen LogP contribution in [0.3, 0.4) is 0 Å². The molecule has 0 aromatic heterocycles. The van der Waals surface area contributed by atoms with Crippen molar-refractivity contribution in [2.75, 3.05) is 20.8 Å². The van der Waals surface area contributed by atoms with E-state index in [1.807, 2.05) is 6.07 Å². The van der Waals surface area contributed by atoms with Crippen LogP contribution in [0.5, 0.6) is 11.5 Å². The van der Waals surface area contributed by atoms with Gasteiger partial charge in [-0.3, -0.25) is 4.79 Å². The lowest BCUT2D eigenvalue weighted by molar-refractivity contribution is -0.142. The first-order valence-corrected chi connectivity index (χ1v) is 8.86. The number of hydrogen-bond donors (Lipinski definition) is 1. The summed E-state index contributed by atoms with van der Waals surface area (Å²) in [6.07, 6.45) is 5.45. The predicted molar refractivity (Wildman–Crippen MR) is 99.5 cm³/mol. The number of amides is 1. The van der Waals surface area contributed by atoms with E-state index in [0.29, 0.717) is 5.56 Å². The number of esters is 1. The lowest BCUT2D eigenvalue weighted by Gasteiger charge is -2.13. The Kier molecular flexibility index (Phi) is 7.50. The average Bonchev–Trinajstić information content (AvgIpc) is 3.17. The van der Waals surface area contributed by atoms with Gasteiger partial charge in [0.25, 0.3) is 5.91 Å². The molecular formula is C19H21ClN2O5. The van der Waals surface area contributed by atoms with Gasteiger partial charge in [0, 0.05) is 6.04 Å². The van der Waals surface area contributed by atoms with Gasteiger partial charge in [0.05, 0.1) is 19.2 Å². The number of rotatable bonds is 7. The fourth-order valence-corrected chi connectivity index (χ4v) is 3.08. The molecule has 1 aliphatic rings. The minimum absolute atomic E-state index is 0.0248. The highest BCUT2D eigenvalue weighted by Crippen LogP contribution is 2.37. The zero-order chi connectivity index (χ0) is 19.8. The summed E-state index contributed by atoms with van der Waals surface area (Å²) < 4.78 is 15.1. The number of nitriles is 1. The number of methoxy groups -OCH3 is 2. The number of benzene rings is 1. The molecule has 0 spiro atoms. The fourth-order valence-electron chi connectivity index (χ4n) is 2.80. The van der Waals surface area contributed by atoms with Crippen LogP contribution in [0.4, 0.5) is 0 Å². The van der Waals surface area contributed by atoms with Gasteiger partial charge in [-0.25, -0.2) is 4.79 Å². The maximum atomic E-state index is 12.3. The molecule has 0 aliphatic heterocycles. The lowest BCUT2D eigenvalue weighted by atomic mass is 10.1. The van der Waals surface area contributed by atoms with E-state index in [1.54, 1.807) is 6.07 Å². The smallest absolute Gasteiger partial charge is 0.343 e. The van der Waals surface area contributed by atoms with Crippen LogP contribution in [-0.4, -0.2) is 38.7 Å². The van der Waals surface area contributed by atoms with E-state index in [9.17, 15) is 14.9 Å². The van der Waals surface area contributed by atoms with Gasteiger partial charge in [-0.1, -0.05) is 24.4 Å². The summed E-state index contributed by atoms with van der Waals surface area (Å²) in [5, 5.41) is 12.4. The highest BCUT2D eigenvalue weighted by Gasteiger charge is 2.20. The summed E-state index contributed by atoms with van der Waals surface area (Å²) in [6.45, 7) is -0.324. The third kappa shape index (κ3) is 5.63. The number of nitrogens with zero attached hydrogens (tertiary/aromatic N) is 1. The lowest BCUT2D eigenvalue weighted by Crippen LogP contribution is -2.33. The standard InChI is InChI=1S/C19H21ClN2O5/c1-25-16-9-12(8-15(20)18(16)27-11-17(23)26-2)7-13(10-21)19(24)22-14-5-3-4-6-14/h7-9,14H,3-6,11H2,1-2H3,(H,22,24)/b13-7-. The first-order valence-electron chi connectivity index (χ1n) is 8.48. The molecule has 7 nitrogen and oxygen atoms in total. The molecule has 1 fully saturated rings. The molecule has 0 atom stereocenters. The minimum Gasteiger partial charge on any atom is -0.493 e. The third-order valence-electron chi connectivity index (χ3n) is 4.18. The van der Waals surface area contributed by atoms with Crippen molar-refractivity contribution in [1.82, 2.24) is 5.32 Å². The minimum atomic E-state index is -0.563. The van der Waals surface area contributed by atoms with Gasteiger partial charge in [0.1, 0.15) is 11.6 Å². The maximum absolute atomic E-state index is 12.3. The SMILES string of the molecule is COC(=O)COc1c(Cl)cc(/C=C(/C#N)C(=O)NC2CCCC2)cc1OC. The van der Waals surface area contributed by atoms with Crippen LogP contribution in [-0.2, 0) is 14.3 Å². The summed E-state index contributed by atoms with van der Waals surface area (Å²) in [5.74, 6) is -0.528. The molecule has 0 unspecified atom stereocenters. The Hall–Kier alpha value is -2.72. The largest absolute Gasteiger partial charge is 0.493 e. The Morgan fingerprint density at radius 2 is 2.04 bits per heavy atom. The van der Waals surface area contributed by atoms with Crippen molar-refractivity contribution in [1.29, 1.82) is 5.26 Å². The molecule has 0 radical (unpaired) electrons. The van der Waals surface area contributed by atoms with E-state index in [4.69, 9.17) is 21.1 Å². The van der Waals surface area contributed by atoms with Crippen molar-refractivity contribution in [3.63, 3.8) is 0 Å². The zero-order valence-electron chi connectivity index (χ0n) is 15.2. The van der Waals surface area contributed by atoms with E-state index in [2.05, 4.69) is 10.1 Å². The van der Waals surface area contributed by atoms with Crippen LogP contribution < -0.4 is 14.8 Å². The molecular weight excluding hydrogens is 372 g/mol. The summed E-state index contributed by atoms with van der Waals surface area (Å²) >= 11 is 6.21. The zero-order valence-corrected chi connectivity index (χ0v) is 16.0. The van der Waals surface area contributed by atoms with Gasteiger partial charge in [-0.2, -0.15) is 5.26 Å². The number of carbonyl (C=O) groups is 2. The molecule has 1 aromatic rings. The van der Waals surface area contributed by atoms with Crippen LogP contribution in [0.2, 0.25) is 5.02 Å². The van der Waals surface area contributed by atoms with Crippen molar-refractivity contribution in [2.24, 2.45) is 0 Å². The average molecular weight is 393 g/mol. The summed E-state index contributed by atoms with van der Waals surface area (Å²) in [7, 11) is 2.67. The first kappa shape index (κ1) is 20.6. The van der Waals surface area contributed by atoms with E-state index in [0.717, 1.165) is 25.7 Å². The molecule has 1 amide bonds. The van der Waals surface area contributed by atoms with Crippen LogP contribution in [0.1, 0.15) is 31.2 Å². The Morgan fingerprint density at radius 1 is 1.33 bits per heavy atom.